The summed E-state index contributed by atoms with van der Waals surface area (Å²) in [4.78, 5) is 2.39. The van der Waals surface area contributed by atoms with Gasteiger partial charge in [-0.05, 0) is 40.3 Å². The minimum absolute atomic E-state index is 0.301. The Hall–Kier alpha value is -0.120. The van der Waals surface area contributed by atoms with E-state index in [1.807, 2.05) is 0 Å². The molecule has 0 spiro atoms. The van der Waals surface area contributed by atoms with Crippen molar-refractivity contribution < 1.29 is 4.74 Å². The van der Waals surface area contributed by atoms with Gasteiger partial charge in [-0.15, -0.1) is 0 Å². The molecule has 0 saturated carbocycles. The number of piperidine rings is 1. The molecule has 2 unspecified atom stereocenters. The molecule has 3 heteroatoms. The molecule has 0 aromatic carbocycles. The van der Waals surface area contributed by atoms with E-state index >= 15 is 0 Å². The molecule has 0 bridgehead atoms. The second kappa shape index (κ2) is 5.83. The molecule has 1 rings (SSSR count). The number of hydrogen-bond donors (Lipinski definition) is 1. The highest BCUT2D eigenvalue weighted by Crippen LogP contribution is 2.20. The molecule has 3 nitrogen and oxygen atoms in total. The van der Waals surface area contributed by atoms with Gasteiger partial charge < -0.3 is 10.1 Å². The summed E-state index contributed by atoms with van der Waals surface area (Å²) in [6.45, 7) is 7.64. The maximum Gasteiger partial charge on any atom is 0.0615 e. The van der Waals surface area contributed by atoms with Gasteiger partial charge in [0.15, 0.2) is 0 Å². The highest BCUT2D eigenvalue weighted by atomic mass is 16.5. The van der Waals surface area contributed by atoms with Crippen LogP contribution in [0.2, 0.25) is 0 Å². The Morgan fingerprint density at radius 1 is 1.47 bits per heavy atom. The molecule has 1 aliphatic rings. The first kappa shape index (κ1) is 12.9. The van der Waals surface area contributed by atoms with E-state index in [1.54, 1.807) is 7.11 Å². The van der Waals surface area contributed by atoms with Crippen LogP contribution < -0.4 is 5.32 Å². The normalized spacial score (nSPS) is 29.4. The van der Waals surface area contributed by atoms with Crippen molar-refractivity contribution in [3.63, 3.8) is 0 Å². The summed E-state index contributed by atoms with van der Waals surface area (Å²) in [5.41, 5.74) is 0.301. The first-order valence-electron chi connectivity index (χ1n) is 6.01. The minimum atomic E-state index is 0.301. The van der Waals surface area contributed by atoms with E-state index in [9.17, 15) is 0 Å². The van der Waals surface area contributed by atoms with Crippen LogP contribution in [0, 0.1) is 0 Å². The predicted molar refractivity (Wildman–Crippen MR) is 64.2 cm³/mol. The smallest absolute Gasteiger partial charge is 0.0615 e. The van der Waals surface area contributed by atoms with E-state index in [4.69, 9.17) is 4.74 Å². The zero-order valence-corrected chi connectivity index (χ0v) is 10.7. The molecule has 0 radical (unpaired) electrons. The molecular formula is C12H26N2O. The SMILES string of the molecule is COCC(C)N(C)CC1(C)CCCCN1. The number of nitrogens with one attached hydrogen (secondary N) is 1. The second-order valence-corrected chi connectivity index (χ2v) is 5.16. The zero-order chi connectivity index (χ0) is 11.3. The molecule has 90 valence electrons. The molecule has 1 saturated heterocycles. The monoisotopic (exact) mass is 214 g/mol. The van der Waals surface area contributed by atoms with Gasteiger partial charge in [-0.25, -0.2) is 0 Å². The van der Waals surface area contributed by atoms with Crippen molar-refractivity contribution in [3.05, 3.63) is 0 Å². The summed E-state index contributed by atoms with van der Waals surface area (Å²) in [6, 6.07) is 0.496. The Kier molecular flexibility index (Phi) is 5.03. The Balaban J connectivity index is 2.37. The van der Waals surface area contributed by atoms with E-state index in [0.29, 0.717) is 11.6 Å². The maximum absolute atomic E-state index is 5.18. The van der Waals surface area contributed by atoms with Gasteiger partial charge in [0.1, 0.15) is 0 Å². The van der Waals surface area contributed by atoms with E-state index in [0.717, 1.165) is 13.2 Å². The van der Waals surface area contributed by atoms with Crippen LogP contribution in [0.5, 0.6) is 0 Å². The third-order valence-electron chi connectivity index (χ3n) is 3.47. The van der Waals surface area contributed by atoms with Crippen molar-refractivity contribution in [1.82, 2.24) is 10.2 Å². The van der Waals surface area contributed by atoms with E-state index in [1.165, 1.54) is 25.8 Å². The number of rotatable bonds is 5. The molecule has 1 heterocycles. The second-order valence-electron chi connectivity index (χ2n) is 5.16. The van der Waals surface area contributed by atoms with Crippen LogP contribution in [-0.4, -0.2) is 50.3 Å². The molecule has 0 amide bonds. The van der Waals surface area contributed by atoms with E-state index in [2.05, 4.69) is 31.1 Å². The van der Waals surface area contributed by atoms with Crippen LogP contribution in [-0.2, 0) is 4.74 Å². The summed E-state index contributed by atoms with van der Waals surface area (Å²) in [5.74, 6) is 0. The largest absolute Gasteiger partial charge is 0.383 e. The molecule has 2 atom stereocenters. The van der Waals surface area contributed by atoms with E-state index < -0.39 is 0 Å². The Morgan fingerprint density at radius 2 is 2.20 bits per heavy atom. The van der Waals surface area contributed by atoms with Crippen molar-refractivity contribution in [3.8, 4) is 0 Å². The number of hydrogen-bond acceptors (Lipinski definition) is 3. The maximum atomic E-state index is 5.18. The Morgan fingerprint density at radius 3 is 2.73 bits per heavy atom. The van der Waals surface area contributed by atoms with Crippen LogP contribution in [0.1, 0.15) is 33.1 Å². The highest BCUT2D eigenvalue weighted by Gasteiger charge is 2.28. The lowest BCUT2D eigenvalue weighted by Crippen LogP contribution is -2.54. The van der Waals surface area contributed by atoms with Crippen molar-refractivity contribution >= 4 is 0 Å². The van der Waals surface area contributed by atoms with Crippen molar-refractivity contribution in [2.45, 2.75) is 44.7 Å². The first-order valence-corrected chi connectivity index (χ1v) is 6.01. The molecule has 0 aromatic rings. The fourth-order valence-corrected chi connectivity index (χ4v) is 2.33. The van der Waals surface area contributed by atoms with Crippen LogP contribution in [0.4, 0.5) is 0 Å². The lowest BCUT2D eigenvalue weighted by atomic mass is 9.90. The Labute approximate surface area is 94.2 Å². The van der Waals surface area contributed by atoms with Crippen LogP contribution in [0.25, 0.3) is 0 Å². The fourth-order valence-electron chi connectivity index (χ4n) is 2.33. The minimum Gasteiger partial charge on any atom is -0.383 e. The average molecular weight is 214 g/mol. The van der Waals surface area contributed by atoms with Gasteiger partial charge in [0, 0.05) is 25.2 Å². The van der Waals surface area contributed by atoms with Gasteiger partial charge in [0.2, 0.25) is 0 Å². The quantitative estimate of drug-likeness (QED) is 0.750. The lowest BCUT2D eigenvalue weighted by Gasteiger charge is -2.39. The fraction of sp³-hybridized carbons (Fsp3) is 1.00. The van der Waals surface area contributed by atoms with Crippen LogP contribution in [0.3, 0.4) is 0 Å². The predicted octanol–water partition coefficient (Wildman–Crippen LogP) is 1.49. The highest BCUT2D eigenvalue weighted by molar-refractivity contribution is 4.89. The number of methoxy groups -OCH3 is 1. The molecular weight excluding hydrogens is 188 g/mol. The van der Waals surface area contributed by atoms with Gasteiger partial charge in [-0.2, -0.15) is 0 Å². The summed E-state index contributed by atoms with van der Waals surface area (Å²) < 4.78 is 5.18. The van der Waals surface area contributed by atoms with Crippen molar-refractivity contribution in [1.29, 1.82) is 0 Å². The van der Waals surface area contributed by atoms with Crippen LogP contribution in [0.15, 0.2) is 0 Å². The number of ether oxygens (including phenoxy) is 1. The van der Waals surface area contributed by atoms with Crippen LogP contribution >= 0.6 is 0 Å². The summed E-state index contributed by atoms with van der Waals surface area (Å²) in [5, 5.41) is 3.64. The topological polar surface area (TPSA) is 24.5 Å². The van der Waals surface area contributed by atoms with Gasteiger partial charge in [-0.3, -0.25) is 4.90 Å². The third-order valence-corrected chi connectivity index (χ3v) is 3.47. The van der Waals surface area contributed by atoms with Crippen molar-refractivity contribution in [2.75, 3.05) is 33.9 Å². The van der Waals surface area contributed by atoms with Crippen molar-refractivity contribution in [2.24, 2.45) is 0 Å². The van der Waals surface area contributed by atoms with Gasteiger partial charge >= 0.3 is 0 Å². The standard InChI is InChI=1S/C12H26N2O/c1-11(9-15-4)14(3)10-12(2)7-5-6-8-13-12/h11,13H,5-10H2,1-4H3. The summed E-state index contributed by atoms with van der Waals surface area (Å²) in [7, 11) is 3.95. The van der Waals surface area contributed by atoms with Gasteiger partial charge in [0.25, 0.3) is 0 Å². The molecule has 0 aromatic heterocycles. The number of likely N-dealkylation sites (N-methyl/N-ethyl adjacent to an activating group) is 1. The molecule has 15 heavy (non-hydrogen) atoms. The number of nitrogens with zero attached hydrogens (tertiary/aromatic N) is 1. The molecule has 1 fully saturated rings. The third kappa shape index (κ3) is 4.09. The van der Waals surface area contributed by atoms with E-state index in [-0.39, 0.29) is 0 Å². The molecule has 1 aliphatic heterocycles. The van der Waals surface area contributed by atoms with Gasteiger partial charge in [0.05, 0.1) is 6.61 Å². The van der Waals surface area contributed by atoms with Gasteiger partial charge in [-0.1, -0.05) is 6.42 Å². The summed E-state index contributed by atoms with van der Waals surface area (Å²) in [6.07, 6.45) is 3.97. The average Bonchev–Trinajstić information content (AvgIpc) is 2.18. The first-order chi connectivity index (χ1) is 7.07. The lowest BCUT2D eigenvalue weighted by molar-refractivity contribution is 0.0895. The molecule has 0 aliphatic carbocycles. The Bertz CT molecular complexity index is 178. The zero-order valence-electron chi connectivity index (χ0n) is 10.7. The summed E-state index contributed by atoms with van der Waals surface area (Å²) >= 11 is 0. The molecule has 1 N–H and O–H groups in total.